The van der Waals surface area contributed by atoms with Crippen LogP contribution in [0.25, 0.3) is 0 Å². The van der Waals surface area contributed by atoms with Gasteiger partial charge in [-0.25, -0.2) is 0 Å². The van der Waals surface area contributed by atoms with E-state index < -0.39 is 11.8 Å². The number of rotatable bonds is 4. The van der Waals surface area contributed by atoms with Gasteiger partial charge in [0.05, 0.1) is 15.9 Å². The fraction of sp³-hybridized carbons (Fsp3) is 0.0909. The molecule has 0 atom stereocenters. The molecule has 138 valence electrons. The van der Waals surface area contributed by atoms with Crippen molar-refractivity contribution in [2.24, 2.45) is 5.11 Å². The summed E-state index contributed by atoms with van der Waals surface area (Å²) in [6, 6.07) is 22.0. The highest BCUT2D eigenvalue weighted by Crippen LogP contribution is 2.23. The highest BCUT2D eigenvalue weighted by atomic mass is 16.2. The second kappa shape index (κ2) is 7.08. The lowest BCUT2D eigenvalue weighted by atomic mass is 10.1. The Labute approximate surface area is 162 Å². The molecule has 0 aromatic heterocycles. The number of aryl methyl sites for hydroxylation is 2. The normalized spacial score (nSPS) is 13.6. The Morgan fingerprint density at radius 2 is 1.25 bits per heavy atom. The zero-order valence-electron chi connectivity index (χ0n) is 15.6. The number of amides is 2. The molecule has 3 aromatic rings. The molecule has 1 aliphatic heterocycles. The van der Waals surface area contributed by atoms with Crippen LogP contribution in [0.3, 0.4) is 0 Å². The van der Waals surface area contributed by atoms with E-state index in [0.29, 0.717) is 22.5 Å². The van der Waals surface area contributed by atoms with Crippen LogP contribution in [-0.2, 0) is 0 Å². The Hall–Kier alpha value is -3.80. The molecular formula is C22H19N4O2+. The SMILES string of the molecule is Cc1ccc(N=[N+](NN2C(=O)c3ccccc3C2=O)c2ccc(C)cc2)cc1. The zero-order valence-corrected chi connectivity index (χ0v) is 15.6. The van der Waals surface area contributed by atoms with Crippen molar-refractivity contribution in [2.75, 3.05) is 0 Å². The van der Waals surface area contributed by atoms with Crippen molar-refractivity contribution < 1.29 is 14.4 Å². The Bertz CT molecular complexity index is 1050. The molecule has 1 heterocycles. The molecule has 0 spiro atoms. The average molecular weight is 371 g/mol. The van der Waals surface area contributed by atoms with Gasteiger partial charge < -0.3 is 0 Å². The van der Waals surface area contributed by atoms with Crippen molar-refractivity contribution in [3.05, 3.63) is 95.1 Å². The summed E-state index contributed by atoms with van der Waals surface area (Å²) >= 11 is 0. The fourth-order valence-electron chi connectivity index (χ4n) is 2.93. The van der Waals surface area contributed by atoms with Crippen molar-refractivity contribution in [1.29, 1.82) is 0 Å². The van der Waals surface area contributed by atoms with E-state index in [4.69, 9.17) is 0 Å². The summed E-state index contributed by atoms with van der Waals surface area (Å²) in [5, 5.41) is 5.56. The van der Waals surface area contributed by atoms with Gasteiger partial charge in [-0.15, -0.1) is 5.01 Å². The van der Waals surface area contributed by atoms with Crippen LogP contribution in [0.2, 0.25) is 0 Å². The number of benzene rings is 3. The number of imide groups is 1. The maximum Gasteiger partial charge on any atom is 0.284 e. The Balaban J connectivity index is 1.72. The molecule has 0 unspecified atom stereocenters. The summed E-state index contributed by atoms with van der Waals surface area (Å²) in [7, 11) is 0. The van der Waals surface area contributed by atoms with Crippen molar-refractivity contribution >= 4 is 23.2 Å². The van der Waals surface area contributed by atoms with Crippen LogP contribution in [0.15, 0.2) is 77.9 Å². The molecule has 0 radical (unpaired) electrons. The number of hydrogen-bond acceptors (Lipinski definition) is 3. The molecule has 0 fully saturated rings. The zero-order chi connectivity index (χ0) is 19.7. The highest BCUT2D eigenvalue weighted by molar-refractivity contribution is 6.20. The molecule has 0 bridgehead atoms. The fourth-order valence-corrected chi connectivity index (χ4v) is 2.93. The molecule has 28 heavy (non-hydrogen) atoms. The predicted molar refractivity (Wildman–Crippen MR) is 104 cm³/mol. The molecule has 0 saturated carbocycles. The van der Waals surface area contributed by atoms with E-state index in [-0.39, 0.29) is 0 Å². The van der Waals surface area contributed by atoms with Gasteiger partial charge in [-0.2, -0.15) is 0 Å². The van der Waals surface area contributed by atoms with Gasteiger partial charge in [0.25, 0.3) is 17.5 Å². The quantitative estimate of drug-likeness (QED) is 0.319. The first-order chi connectivity index (χ1) is 13.5. The Morgan fingerprint density at radius 3 is 1.79 bits per heavy atom. The molecule has 2 amide bonds. The van der Waals surface area contributed by atoms with Crippen molar-refractivity contribution in [3.8, 4) is 0 Å². The van der Waals surface area contributed by atoms with E-state index in [1.807, 2.05) is 62.4 Å². The maximum atomic E-state index is 12.7. The van der Waals surface area contributed by atoms with Crippen molar-refractivity contribution in [3.63, 3.8) is 0 Å². The number of hydrazine groups is 2. The largest absolute Gasteiger partial charge is 0.284 e. The van der Waals surface area contributed by atoms with Crippen LogP contribution in [0.1, 0.15) is 31.8 Å². The highest BCUT2D eigenvalue weighted by Gasteiger charge is 2.38. The van der Waals surface area contributed by atoms with Gasteiger partial charge in [-0.3, -0.25) is 9.59 Å². The van der Waals surface area contributed by atoms with E-state index in [1.165, 1.54) is 4.81 Å². The molecular weight excluding hydrogens is 352 g/mol. The van der Waals surface area contributed by atoms with Crippen LogP contribution >= 0.6 is 0 Å². The van der Waals surface area contributed by atoms with Crippen LogP contribution < -0.4 is 5.53 Å². The lowest BCUT2D eigenvalue weighted by Crippen LogP contribution is -2.46. The second-order valence-corrected chi connectivity index (χ2v) is 6.67. The van der Waals surface area contributed by atoms with Gasteiger partial charge in [0.15, 0.2) is 0 Å². The van der Waals surface area contributed by atoms with Gasteiger partial charge in [0.1, 0.15) is 5.69 Å². The number of nitrogens with one attached hydrogen (secondary N) is 1. The minimum absolute atomic E-state index is 0.374. The Morgan fingerprint density at radius 1 is 0.750 bits per heavy atom. The monoisotopic (exact) mass is 371 g/mol. The Kier molecular flexibility index (Phi) is 4.45. The minimum atomic E-state index is -0.406. The first kappa shape index (κ1) is 17.6. The van der Waals surface area contributed by atoms with E-state index in [0.717, 1.165) is 16.1 Å². The number of azo groups is 1. The summed E-state index contributed by atoms with van der Waals surface area (Å²) in [5.41, 5.74) is 7.21. The molecule has 6 nitrogen and oxygen atoms in total. The van der Waals surface area contributed by atoms with Crippen LogP contribution in [0.5, 0.6) is 0 Å². The standard InChI is InChI=1S/C22H19N4O2/c1-15-7-11-17(12-8-15)23-26(18-13-9-16(2)10-14-18)24-25-21(27)19-5-3-4-6-20(19)22(25)28/h3-14H,1-2H3,(H,23,24)/q+1. The molecule has 0 saturated heterocycles. The van der Waals surface area contributed by atoms with E-state index >= 15 is 0 Å². The molecule has 3 aromatic carbocycles. The number of hydrogen-bond donors (Lipinski definition) is 1. The smallest absolute Gasteiger partial charge is 0.266 e. The first-order valence-corrected chi connectivity index (χ1v) is 8.92. The minimum Gasteiger partial charge on any atom is -0.266 e. The van der Waals surface area contributed by atoms with Gasteiger partial charge in [-0.1, -0.05) is 53.1 Å². The van der Waals surface area contributed by atoms with Crippen LogP contribution in [0.4, 0.5) is 11.4 Å². The molecule has 0 aliphatic carbocycles. The van der Waals surface area contributed by atoms with Crippen LogP contribution in [-0.4, -0.2) is 21.6 Å². The predicted octanol–water partition coefficient (Wildman–Crippen LogP) is 4.45. The number of carbonyl (C=O) groups excluding carboxylic acids is 2. The molecule has 4 rings (SSSR count). The van der Waals surface area contributed by atoms with E-state index in [2.05, 4.69) is 10.6 Å². The maximum absolute atomic E-state index is 12.7. The van der Waals surface area contributed by atoms with Gasteiger partial charge >= 0.3 is 0 Å². The summed E-state index contributed by atoms with van der Waals surface area (Å²) < 4.78 is 0. The number of carbonyl (C=O) groups is 2. The third-order valence-electron chi connectivity index (χ3n) is 4.52. The van der Waals surface area contributed by atoms with Crippen LogP contribution in [0, 0.1) is 13.8 Å². The molecule has 6 heteroatoms. The molecule has 1 N–H and O–H groups in total. The van der Waals surface area contributed by atoms with Gasteiger partial charge in [0.2, 0.25) is 0 Å². The van der Waals surface area contributed by atoms with Crippen molar-refractivity contribution in [2.45, 2.75) is 13.8 Å². The first-order valence-electron chi connectivity index (χ1n) is 8.92. The summed E-state index contributed by atoms with van der Waals surface area (Å²) in [6.45, 7) is 3.99. The summed E-state index contributed by atoms with van der Waals surface area (Å²) in [5.74, 6) is -0.811. The average Bonchev–Trinajstić information content (AvgIpc) is 2.95. The van der Waals surface area contributed by atoms with E-state index in [9.17, 15) is 9.59 Å². The summed E-state index contributed by atoms with van der Waals surface area (Å²) in [4.78, 5) is 26.8. The third kappa shape index (κ3) is 3.27. The second-order valence-electron chi connectivity index (χ2n) is 6.67. The topological polar surface area (TPSA) is 64.8 Å². The lowest BCUT2D eigenvalue weighted by Gasteiger charge is -2.11. The third-order valence-corrected chi connectivity index (χ3v) is 4.52. The number of fused-ring (bicyclic) bond motifs is 1. The summed E-state index contributed by atoms with van der Waals surface area (Å²) in [6.07, 6.45) is 0. The molecule has 1 aliphatic rings. The van der Waals surface area contributed by atoms with Gasteiger partial charge in [-0.05, 0) is 38.1 Å². The lowest BCUT2D eigenvalue weighted by molar-refractivity contribution is -0.591. The van der Waals surface area contributed by atoms with E-state index in [1.54, 1.807) is 24.3 Å². The number of nitrogens with zero attached hydrogens (tertiary/aromatic N) is 3. The van der Waals surface area contributed by atoms with Gasteiger partial charge in [0, 0.05) is 17.2 Å². The van der Waals surface area contributed by atoms with Crippen molar-refractivity contribution in [1.82, 2.24) is 10.5 Å².